The van der Waals surface area contributed by atoms with Gasteiger partial charge in [0, 0.05) is 0 Å². The lowest BCUT2D eigenvalue weighted by Crippen LogP contribution is -2.19. The highest BCUT2D eigenvalue weighted by Crippen LogP contribution is 2.19. The molecule has 0 aliphatic rings. The molecule has 0 saturated heterocycles. The van der Waals surface area contributed by atoms with Crippen molar-refractivity contribution < 1.29 is 14.6 Å². The number of benzene rings is 1. The second kappa shape index (κ2) is 5.54. The normalized spacial score (nSPS) is 12.2. The van der Waals surface area contributed by atoms with Crippen LogP contribution in [0.1, 0.15) is 30.9 Å². The zero-order valence-electron chi connectivity index (χ0n) is 9.99. The minimum absolute atomic E-state index is 0.0451. The number of carbonyl (C=O) groups is 1. The van der Waals surface area contributed by atoms with Gasteiger partial charge in [-0.2, -0.15) is 0 Å². The van der Waals surface area contributed by atoms with Gasteiger partial charge in [-0.1, -0.05) is 13.0 Å². The lowest BCUT2D eigenvalue weighted by Gasteiger charge is -2.16. The van der Waals surface area contributed by atoms with Crippen molar-refractivity contribution in [2.45, 2.75) is 39.7 Å². The predicted octanol–water partition coefficient (Wildman–Crippen LogP) is 2.94. The molecule has 0 amide bonds. The Morgan fingerprint density at radius 1 is 1.31 bits per heavy atom. The van der Waals surface area contributed by atoms with Crippen LogP contribution in [-0.4, -0.2) is 17.2 Å². The lowest BCUT2D eigenvalue weighted by atomic mass is 10.1. The maximum Gasteiger partial charge on any atom is 0.307 e. The largest absolute Gasteiger partial charge is 0.490 e. The number of ether oxygens (including phenoxy) is 1. The van der Waals surface area contributed by atoms with Crippen molar-refractivity contribution in [1.29, 1.82) is 0 Å². The summed E-state index contributed by atoms with van der Waals surface area (Å²) in [6.07, 6.45) is 0.488. The van der Waals surface area contributed by atoms with Gasteiger partial charge < -0.3 is 9.84 Å². The highest BCUT2D eigenvalue weighted by molar-refractivity contribution is 5.67. The number of aliphatic carboxylic acids is 1. The van der Waals surface area contributed by atoms with Gasteiger partial charge in [0.25, 0.3) is 0 Å². The molecule has 0 radical (unpaired) electrons. The average molecular weight is 222 g/mol. The van der Waals surface area contributed by atoms with Crippen LogP contribution < -0.4 is 4.74 Å². The second-order valence-corrected chi connectivity index (χ2v) is 4.07. The van der Waals surface area contributed by atoms with Crippen molar-refractivity contribution in [2.75, 3.05) is 0 Å². The number of aryl methyl sites for hydroxylation is 2. The molecule has 3 heteroatoms. The third-order valence-corrected chi connectivity index (χ3v) is 2.36. The fourth-order valence-corrected chi connectivity index (χ4v) is 1.66. The Morgan fingerprint density at radius 3 is 2.31 bits per heavy atom. The molecular formula is C13H18O3. The molecule has 0 heterocycles. The molecule has 1 aromatic carbocycles. The van der Waals surface area contributed by atoms with E-state index in [1.807, 2.05) is 32.9 Å². The molecule has 88 valence electrons. The molecule has 1 unspecified atom stereocenters. The SMILES string of the molecule is CCC(CC(=O)O)Oc1cc(C)cc(C)c1. The first kappa shape index (κ1) is 12.6. The van der Waals surface area contributed by atoms with E-state index in [1.54, 1.807) is 0 Å². The third-order valence-electron chi connectivity index (χ3n) is 2.36. The predicted molar refractivity (Wildman–Crippen MR) is 62.9 cm³/mol. The maximum atomic E-state index is 10.6. The average Bonchev–Trinajstić information content (AvgIpc) is 2.14. The topological polar surface area (TPSA) is 46.5 Å². The van der Waals surface area contributed by atoms with Crippen molar-refractivity contribution in [3.63, 3.8) is 0 Å². The van der Waals surface area contributed by atoms with Gasteiger partial charge in [0.15, 0.2) is 0 Å². The molecule has 0 aromatic heterocycles. The Morgan fingerprint density at radius 2 is 1.88 bits per heavy atom. The Balaban J connectivity index is 2.73. The molecule has 3 nitrogen and oxygen atoms in total. The summed E-state index contributed by atoms with van der Waals surface area (Å²) >= 11 is 0. The van der Waals surface area contributed by atoms with Crippen molar-refractivity contribution >= 4 is 5.97 Å². The summed E-state index contributed by atoms with van der Waals surface area (Å²) in [5.41, 5.74) is 2.25. The minimum atomic E-state index is -0.823. The second-order valence-electron chi connectivity index (χ2n) is 4.07. The van der Waals surface area contributed by atoms with Gasteiger partial charge in [-0.25, -0.2) is 0 Å². The molecule has 0 aliphatic carbocycles. The van der Waals surface area contributed by atoms with Crippen LogP contribution in [-0.2, 0) is 4.79 Å². The molecule has 16 heavy (non-hydrogen) atoms. The third kappa shape index (κ3) is 3.93. The number of hydrogen-bond acceptors (Lipinski definition) is 2. The van der Waals surface area contributed by atoms with Crippen LogP contribution in [0.4, 0.5) is 0 Å². The minimum Gasteiger partial charge on any atom is -0.490 e. The van der Waals surface area contributed by atoms with Gasteiger partial charge in [0.2, 0.25) is 0 Å². The first-order valence-electron chi connectivity index (χ1n) is 5.48. The molecule has 1 N–H and O–H groups in total. The van der Waals surface area contributed by atoms with Crippen LogP contribution in [0.25, 0.3) is 0 Å². The van der Waals surface area contributed by atoms with Crippen molar-refractivity contribution in [1.82, 2.24) is 0 Å². The Bertz CT molecular complexity index is 351. The summed E-state index contributed by atoms with van der Waals surface area (Å²) in [5.74, 6) is -0.0678. The van der Waals surface area contributed by atoms with Gasteiger partial charge in [0.1, 0.15) is 11.9 Å². The molecule has 1 atom stereocenters. The van der Waals surface area contributed by atoms with Gasteiger partial charge in [-0.15, -0.1) is 0 Å². The highest BCUT2D eigenvalue weighted by atomic mass is 16.5. The van der Waals surface area contributed by atoms with Crippen molar-refractivity contribution in [3.8, 4) is 5.75 Å². The summed E-state index contributed by atoms with van der Waals surface area (Å²) in [7, 11) is 0. The van der Waals surface area contributed by atoms with E-state index in [1.165, 1.54) is 0 Å². The zero-order chi connectivity index (χ0) is 12.1. The molecule has 1 rings (SSSR count). The van der Waals surface area contributed by atoms with E-state index < -0.39 is 5.97 Å². The van der Waals surface area contributed by atoms with Crippen LogP contribution in [0.3, 0.4) is 0 Å². The van der Waals surface area contributed by atoms with E-state index in [-0.39, 0.29) is 12.5 Å². The Kier molecular flexibility index (Phi) is 4.35. The molecule has 0 saturated carbocycles. The smallest absolute Gasteiger partial charge is 0.307 e. The summed E-state index contributed by atoms with van der Waals surface area (Å²) < 4.78 is 5.66. The molecular weight excluding hydrogens is 204 g/mol. The Labute approximate surface area is 96.1 Å². The summed E-state index contributed by atoms with van der Waals surface area (Å²) in [6, 6.07) is 5.92. The highest BCUT2D eigenvalue weighted by Gasteiger charge is 2.12. The molecule has 1 aromatic rings. The molecule has 0 bridgehead atoms. The molecule has 0 fully saturated rings. The number of carboxylic acid groups (broad SMARTS) is 1. The number of rotatable bonds is 5. The van der Waals surface area contributed by atoms with Crippen LogP contribution in [0.15, 0.2) is 18.2 Å². The number of hydrogen-bond donors (Lipinski definition) is 1. The quantitative estimate of drug-likeness (QED) is 0.833. The zero-order valence-corrected chi connectivity index (χ0v) is 9.99. The Hall–Kier alpha value is -1.51. The first-order valence-corrected chi connectivity index (χ1v) is 5.48. The summed E-state index contributed by atoms with van der Waals surface area (Å²) in [5, 5.41) is 8.72. The van der Waals surface area contributed by atoms with Crippen molar-refractivity contribution in [3.05, 3.63) is 29.3 Å². The van der Waals surface area contributed by atoms with Gasteiger partial charge in [0.05, 0.1) is 6.42 Å². The maximum absolute atomic E-state index is 10.6. The van der Waals surface area contributed by atoms with E-state index in [4.69, 9.17) is 9.84 Å². The monoisotopic (exact) mass is 222 g/mol. The molecule has 0 spiro atoms. The van der Waals surface area contributed by atoms with E-state index in [9.17, 15) is 4.79 Å². The summed E-state index contributed by atoms with van der Waals surface area (Å²) in [4.78, 5) is 10.6. The van der Waals surface area contributed by atoms with Crippen LogP contribution >= 0.6 is 0 Å². The van der Waals surface area contributed by atoms with Crippen LogP contribution in [0, 0.1) is 13.8 Å². The van der Waals surface area contributed by atoms with E-state index in [0.717, 1.165) is 16.9 Å². The fourth-order valence-electron chi connectivity index (χ4n) is 1.66. The van der Waals surface area contributed by atoms with E-state index in [2.05, 4.69) is 6.07 Å². The van der Waals surface area contributed by atoms with E-state index in [0.29, 0.717) is 6.42 Å². The summed E-state index contributed by atoms with van der Waals surface area (Å²) in [6.45, 7) is 5.92. The van der Waals surface area contributed by atoms with E-state index >= 15 is 0 Å². The molecule has 0 aliphatic heterocycles. The lowest BCUT2D eigenvalue weighted by molar-refractivity contribution is -0.138. The van der Waals surface area contributed by atoms with Crippen LogP contribution in [0.5, 0.6) is 5.75 Å². The van der Waals surface area contributed by atoms with Crippen LogP contribution in [0.2, 0.25) is 0 Å². The first-order chi connectivity index (χ1) is 7.51. The standard InChI is InChI=1S/C13H18O3/c1-4-11(8-13(14)15)16-12-6-9(2)5-10(3)7-12/h5-7,11H,4,8H2,1-3H3,(H,14,15). The van der Waals surface area contributed by atoms with Gasteiger partial charge >= 0.3 is 5.97 Å². The van der Waals surface area contributed by atoms with Crippen molar-refractivity contribution in [2.24, 2.45) is 0 Å². The van der Waals surface area contributed by atoms with Gasteiger partial charge in [-0.3, -0.25) is 4.79 Å². The number of carboxylic acids is 1. The van der Waals surface area contributed by atoms with Gasteiger partial charge in [-0.05, 0) is 43.5 Å². The fraction of sp³-hybridized carbons (Fsp3) is 0.462.